The quantitative estimate of drug-likeness (QED) is 0.173. The Bertz CT molecular complexity index is 2820. The second-order valence-corrected chi connectivity index (χ2v) is 14.3. The molecule has 8 aromatic rings. The summed E-state index contributed by atoms with van der Waals surface area (Å²) in [5.41, 5.74) is 13.9. The van der Waals surface area contributed by atoms with Gasteiger partial charge in [0.25, 0.3) is 0 Å². The average Bonchev–Trinajstić information content (AvgIpc) is 3.85. The van der Waals surface area contributed by atoms with Crippen molar-refractivity contribution in [2.24, 2.45) is 9.98 Å². The van der Waals surface area contributed by atoms with Crippen LogP contribution in [0.5, 0.6) is 5.75 Å². The van der Waals surface area contributed by atoms with Gasteiger partial charge in [-0.15, -0.1) is 0 Å². The van der Waals surface area contributed by atoms with Gasteiger partial charge in [0.05, 0.1) is 11.1 Å². The predicted molar refractivity (Wildman–Crippen MR) is 211 cm³/mol. The van der Waals surface area contributed by atoms with Crippen molar-refractivity contribution in [2.45, 2.75) is 17.6 Å². The molecule has 8 aromatic carbocycles. The highest BCUT2D eigenvalue weighted by Gasteiger charge is 2.51. The summed E-state index contributed by atoms with van der Waals surface area (Å²) >= 11 is 0. The number of rotatable bonds is 3. The Kier molecular flexibility index (Phi) is 5.55. The fourth-order valence-corrected chi connectivity index (χ4v) is 9.63. The van der Waals surface area contributed by atoms with Crippen LogP contribution in [0.3, 0.4) is 0 Å². The van der Waals surface area contributed by atoms with Crippen LogP contribution in [0.4, 0.5) is 0 Å². The van der Waals surface area contributed by atoms with Crippen LogP contribution in [0.15, 0.2) is 180 Å². The third kappa shape index (κ3) is 3.60. The monoisotopic (exact) mass is 662 g/mol. The molecule has 1 spiro atoms. The molecule has 2 atom stereocenters. The summed E-state index contributed by atoms with van der Waals surface area (Å²) < 4.78 is 6.63. The van der Waals surface area contributed by atoms with Crippen LogP contribution in [-0.4, -0.2) is 17.7 Å². The van der Waals surface area contributed by atoms with E-state index in [4.69, 9.17) is 14.7 Å². The lowest BCUT2D eigenvalue weighted by molar-refractivity contribution is 0.275. The first kappa shape index (κ1) is 28.2. The minimum absolute atomic E-state index is 0.190. The lowest BCUT2D eigenvalue weighted by Gasteiger charge is -2.31. The summed E-state index contributed by atoms with van der Waals surface area (Å²) in [6.07, 6.45) is -0.298. The van der Waals surface area contributed by atoms with Gasteiger partial charge in [-0.1, -0.05) is 158 Å². The van der Waals surface area contributed by atoms with Crippen molar-refractivity contribution in [3.63, 3.8) is 0 Å². The summed E-state index contributed by atoms with van der Waals surface area (Å²) in [7, 11) is 0. The SMILES string of the molecule is c1ccc(-c2ccc(C3=NC(c4ccc5c(c4)C4(c6ccccc6-5)c5cccc6ccc7cccc4c7c56)=NC4c5ccccc5OC34)cc2)cc1. The molecule has 4 aliphatic rings. The van der Waals surface area contributed by atoms with E-state index in [0.717, 1.165) is 34.0 Å². The van der Waals surface area contributed by atoms with Gasteiger partial charge < -0.3 is 4.74 Å². The maximum Gasteiger partial charge on any atom is 0.168 e. The largest absolute Gasteiger partial charge is 0.481 e. The number of fused-ring (bicyclic) bond motifs is 10. The number of nitrogens with zero attached hydrogens (tertiary/aromatic N) is 2. The van der Waals surface area contributed by atoms with Gasteiger partial charge in [-0.25, -0.2) is 4.99 Å². The highest BCUT2D eigenvalue weighted by molar-refractivity contribution is 6.19. The predicted octanol–water partition coefficient (Wildman–Crippen LogP) is 11.1. The van der Waals surface area contributed by atoms with E-state index in [2.05, 4.69) is 158 Å². The Hall–Kier alpha value is -6.58. The van der Waals surface area contributed by atoms with Crippen molar-refractivity contribution in [3.8, 4) is 28.0 Å². The van der Waals surface area contributed by atoms with Crippen LogP contribution in [0.2, 0.25) is 0 Å². The molecule has 0 fully saturated rings. The number of hydrogen-bond acceptors (Lipinski definition) is 3. The molecular weight excluding hydrogens is 633 g/mol. The summed E-state index contributed by atoms with van der Waals surface area (Å²) in [4.78, 5) is 10.8. The van der Waals surface area contributed by atoms with E-state index < -0.39 is 5.41 Å². The van der Waals surface area contributed by atoms with Crippen molar-refractivity contribution in [2.75, 3.05) is 0 Å². The van der Waals surface area contributed by atoms with E-state index in [-0.39, 0.29) is 12.1 Å². The molecule has 0 radical (unpaired) electrons. The molecule has 2 heterocycles. The van der Waals surface area contributed by atoms with Crippen molar-refractivity contribution < 1.29 is 4.74 Å². The number of aliphatic imine (C=N–C) groups is 2. The van der Waals surface area contributed by atoms with Crippen molar-refractivity contribution >= 4 is 33.1 Å². The van der Waals surface area contributed by atoms with E-state index in [9.17, 15) is 0 Å². The molecule has 0 bridgehead atoms. The number of ether oxygens (including phenoxy) is 1. The molecular formula is C49H30N2O. The molecule has 12 rings (SSSR count). The van der Waals surface area contributed by atoms with Gasteiger partial charge in [0.15, 0.2) is 11.9 Å². The van der Waals surface area contributed by atoms with E-state index in [0.29, 0.717) is 0 Å². The zero-order valence-corrected chi connectivity index (χ0v) is 28.1. The van der Waals surface area contributed by atoms with Gasteiger partial charge in [0.2, 0.25) is 0 Å². The summed E-state index contributed by atoms with van der Waals surface area (Å²) in [5.74, 6) is 1.62. The Balaban J connectivity index is 1.07. The fraction of sp³-hybridized carbons (Fsp3) is 0.0612. The minimum Gasteiger partial charge on any atom is -0.481 e. The molecule has 2 aliphatic carbocycles. The molecule has 3 nitrogen and oxygen atoms in total. The van der Waals surface area contributed by atoms with E-state index in [1.165, 1.54) is 66.1 Å². The lowest BCUT2D eigenvalue weighted by Crippen LogP contribution is -2.34. The topological polar surface area (TPSA) is 34.0 Å². The summed E-state index contributed by atoms with van der Waals surface area (Å²) in [5, 5.41) is 5.29. The number of para-hydroxylation sites is 1. The van der Waals surface area contributed by atoms with Crippen LogP contribution >= 0.6 is 0 Å². The van der Waals surface area contributed by atoms with Crippen LogP contribution in [0.1, 0.15) is 45.0 Å². The van der Waals surface area contributed by atoms with Crippen LogP contribution in [0, 0.1) is 0 Å². The smallest absolute Gasteiger partial charge is 0.168 e. The zero-order chi connectivity index (χ0) is 34.0. The van der Waals surface area contributed by atoms with Crippen LogP contribution in [0.25, 0.3) is 43.8 Å². The van der Waals surface area contributed by atoms with Gasteiger partial charge in [0.1, 0.15) is 11.8 Å². The second kappa shape index (κ2) is 10.2. The molecule has 2 aliphatic heterocycles. The van der Waals surface area contributed by atoms with Gasteiger partial charge in [-0.05, 0) is 83.7 Å². The first-order chi connectivity index (χ1) is 25.8. The molecule has 0 amide bonds. The second-order valence-electron chi connectivity index (χ2n) is 14.3. The van der Waals surface area contributed by atoms with E-state index in [1.807, 2.05) is 12.1 Å². The molecule has 3 heteroatoms. The fourth-order valence-electron chi connectivity index (χ4n) is 9.63. The maximum absolute atomic E-state index is 6.63. The van der Waals surface area contributed by atoms with Crippen LogP contribution < -0.4 is 4.74 Å². The molecule has 52 heavy (non-hydrogen) atoms. The number of benzene rings is 8. The summed E-state index contributed by atoms with van der Waals surface area (Å²) in [6, 6.07) is 61.5. The third-order valence-electron chi connectivity index (χ3n) is 11.8. The third-order valence-corrected chi connectivity index (χ3v) is 11.8. The maximum atomic E-state index is 6.63. The highest BCUT2D eigenvalue weighted by Crippen LogP contribution is 2.62. The normalized spacial score (nSPS) is 18.2. The average molecular weight is 663 g/mol. The van der Waals surface area contributed by atoms with Crippen LogP contribution in [-0.2, 0) is 5.41 Å². The molecule has 0 N–H and O–H groups in total. The van der Waals surface area contributed by atoms with Gasteiger partial charge in [-0.2, -0.15) is 0 Å². The number of hydrogen-bond donors (Lipinski definition) is 0. The van der Waals surface area contributed by atoms with Crippen molar-refractivity contribution in [1.29, 1.82) is 0 Å². The highest BCUT2D eigenvalue weighted by atomic mass is 16.5. The summed E-state index contributed by atoms with van der Waals surface area (Å²) in [6.45, 7) is 0. The molecule has 0 saturated carbocycles. The Morgan fingerprint density at radius 2 is 1.08 bits per heavy atom. The zero-order valence-electron chi connectivity index (χ0n) is 28.1. The minimum atomic E-state index is -0.439. The standard InChI is InChI=1S/C49H30N2O/c1-2-10-29(11-3-1)30-20-24-33(25-21-30)45-47-46(37-15-5-7-19-42(37)52-47)51-48(50-45)34-26-27-36-35-14-4-6-16-38(35)49(41(36)28-34)39-17-8-12-31-22-23-32-13-9-18-40(49)44(32)43(31)39/h1-28,46-47H. The molecule has 0 aromatic heterocycles. The molecule has 0 saturated heterocycles. The van der Waals surface area contributed by atoms with Gasteiger partial charge in [-0.3, -0.25) is 4.99 Å². The Morgan fingerprint density at radius 1 is 0.462 bits per heavy atom. The Labute approximate surface area is 301 Å². The first-order valence-electron chi connectivity index (χ1n) is 18.1. The van der Waals surface area contributed by atoms with Gasteiger partial charge in [0, 0.05) is 11.1 Å². The van der Waals surface area contributed by atoms with Gasteiger partial charge >= 0.3 is 0 Å². The van der Waals surface area contributed by atoms with Crippen molar-refractivity contribution in [3.05, 3.63) is 209 Å². The van der Waals surface area contributed by atoms with Crippen molar-refractivity contribution in [1.82, 2.24) is 0 Å². The lowest BCUT2D eigenvalue weighted by atomic mass is 9.70. The van der Waals surface area contributed by atoms with E-state index in [1.54, 1.807) is 0 Å². The molecule has 2 unspecified atom stereocenters. The van der Waals surface area contributed by atoms with E-state index >= 15 is 0 Å². The first-order valence-corrected chi connectivity index (χ1v) is 18.1. The Morgan fingerprint density at radius 3 is 1.87 bits per heavy atom. The molecule has 242 valence electrons. The number of amidine groups is 1.